The smallest absolute Gasteiger partial charge is 0.163 e. The van der Waals surface area contributed by atoms with Gasteiger partial charge in [-0.3, -0.25) is 0 Å². The highest BCUT2D eigenvalue weighted by atomic mass is 15.0. The molecule has 0 saturated carbocycles. The molecule has 0 unspecified atom stereocenters. The van der Waals surface area contributed by atoms with Gasteiger partial charge in [-0.2, -0.15) is 0 Å². The van der Waals surface area contributed by atoms with Gasteiger partial charge in [-0.15, -0.1) is 0 Å². The van der Waals surface area contributed by atoms with E-state index in [1.807, 2.05) is 18.2 Å². The second kappa shape index (κ2) is 5.21. The van der Waals surface area contributed by atoms with Gasteiger partial charge in [0.2, 0.25) is 0 Å². The number of aryl methyl sites for hydroxylation is 2. The van der Waals surface area contributed by atoms with E-state index in [4.69, 9.17) is 0 Å². The molecule has 0 aliphatic carbocycles. The summed E-state index contributed by atoms with van der Waals surface area (Å²) >= 11 is 0. The van der Waals surface area contributed by atoms with E-state index < -0.39 is 0 Å². The van der Waals surface area contributed by atoms with E-state index in [0.717, 1.165) is 11.1 Å². The van der Waals surface area contributed by atoms with Crippen molar-refractivity contribution in [3.8, 4) is 22.5 Å². The SMILES string of the molecule is Cc1ccc(-c2ccccc2-c2ncncn2)cc1C. The minimum absolute atomic E-state index is 0.703. The molecule has 3 rings (SSSR count). The van der Waals surface area contributed by atoms with Crippen LogP contribution in [-0.4, -0.2) is 15.0 Å². The number of benzene rings is 2. The lowest BCUT2D eigenvalue weighted by Gasteiger charge is -2.10. The van der Waals surface area contributed by atoms with Crippen molar-refractivity contribution < 1.29 is 0 Å². The summed E-state index contributed by atoms with van der Waals surface area (Å²) in [5, 5.41) is 0. The van der Waals surface area contributed by atoms with Crippen LogP contribution in [0.2, 0.25) is 0 Å². The summed E-state index contributed by atoms with van der Waals surface area (Å²) in [4.78, 5) is 12.4. The van der Waals surface area contributed by atoms with Crippen molar-refractivity contribution in [1.82, 2.24) is 15.0 Å². The summed E-state index contributed by atoms with van der Waals surface area (Å²) in [5.74, 6) is 0.703. The Morgan fingerprint density at radius 3 is 2.15 bits per heavy atom. The second-order valence-electron chi connectivity index (χ2n) is 4.81. The molecule has 2 aromatic carbocycles. The van der Waals surface area contributed by atoms with Gasteiger partial charge in [0.1, 0.15) is 12.7 Å². The molecule has 1 aromatic heterocycles. The monoisotopic (exact) mass is 261 g/mol. The Kier molecular flexibility index (Phi) is 3.25. The molecule has 0 amide bonds. The van der Waals surface area contributed by atoms with Gasteiger partial charge in [0.05, 0.1) is 0 Å². The molecule has 0 radical (unpaired) electrons. The summed E-state index contributed by atoms with van der Waals surface area (Å²) in [7, 11) is 0. The zero-order chi connectivity index (χ0) is 13.9. The summed E-state index contributed by atoms with van der Waals surface area (Å²) in [6.45, 7) is 4.25. The highest BCUT2D eigenvalue weighted by Crippen LogP contribution is 2.30. The highest BCUT2D eigenvalue weighted by Gasteiger charge is 2.09. The van der Waals surface area contributed by atoms with Gasteiger partial charge in [0.15, 0.2) is 5.82 Å². The maximum Gasteiger partial charge on any atom is 0.163 e. The van der Waals surface area contributed by atoms with Crippen LogP contribution >= 0.6 is 0 Å². The van der Waals surface area contributed by atoms with Crippen molar-refractivity contribution in [2.75, 3.05) is 0 Å². The van der Waals surface area contributed by atoms with E-state index in [1.54, 1.807) is 0 Å². The van der Waals surface area contributed by atoms with Gasteiger partial charge in [0.25, 0.3) is 0 Å². The Morgan fingerprint density at radius 1 is 0.750 bits per heavy atom. The molecule has 0 atom stereocenters. The molecule has 3 nitrogen and oxygen atoms in total. The summed E-state index contributed by atoms with van der Waals surface area (Å²) in [6.07, 6.45) is 3.05. The average Bonchev–Trinajstić information content (AvgIpc) is 2.51. The molecule has 98 valence electrons. The van der Waals surface area contributed by atoms with Gasteiger partial charge < -0.3 is 0 Å². The minimum atomic E-state index is 0.703. The van der Waals surface area contributed by atoms with Crippen molar-refractivity contribution in [2.24, 2.45) is 0 Å². The van der Waals surface area contributed by atoms with E-state index in [0.29, 0.717) is 5.82 Å². The van der Waals surface area contributed by atoms with Crippen LogP contribution in [0.1, 0.15) is 11.1 Å². The molecule has 3 heteroatoms. The van der Waals surface area contributed by atoms with Crippen LogP contribution in [0.15, 0.2) is 55.1 Å². The third kappa shape index (κ3) is 2.30. The summed E-state index contributed by atoms with van der Waals surface area (Å²) in [6, 6.07) is 14.7. The van der Waals surface area contributed by atoms with Gasteiger partial charge in [-0.25, -0.2) is 15.0 Å². The average molecular weight is 261 g/mol. The van der Waals surface area contributed by atoms with Crippen LogP contribution < -0.4 is 0 Å². The van der Waals surface area contributed by atoms with Crippen LogP contribution in [0, 0.1) is 13.8 Å². The minimum Gasteiger partial charge on any atom is -0.225 e. The van der Waals surface area contributed by atoms with Gasteiger partial charge in [-0.05, 0) is 36.1 Å². The van der Waals surface area contributed by atoms with Gasteiger partial charge in [-0.1, -0.05) is 42.5 Å². The first-order valence-corrected chi connectivity index (χ1v) is 6.55. The molecule has 0 N–H and O–H groups in total. The van der Waals surface area contributed by atoms with Gasteiger partial charge in [0, 0.05) is 5.56 Å². The summed E-state index contributed by atoms with van der Waals surface area (Å²) < 4.78 is 0. The molecule has 3 aromatic rings. The van der Waals surface area contributed by atoms with Crippen LogP contribution in [0.25, 0.3) is 22.5 Å². The third-order valence-corrected chi connectivity index (χ3v) is 3.48. The zero-order valence-electron chi connectivity index (χ0n) is 11.5. The lowest BCUT2D eigenvalue weighted by molar-refractivity contribution is 1.06. The van der Waals surface area contributed by atoms with Gasteiger partial charge >= 0.3 is 0 Å². The van der Waals surface area contributed by atoms with Crippen LogP contribution in [-0.2, 0) is 0 Å². The zero-order valence-corrected chi connectivity index (χ0v) is 11.5. The first kappa shape index (κ1) is 12.5. The molecule has 0 spiro atoms. The van der Waals surface area contributed by atoms with Crippen molar-refractivity contribution in [3.05, 3.63) is 66.2 Å². The molecular weight excluding hydrogens is 246 g/mol. The maximum atomic E-state index is 4.25. The Bertz CT molecular complexity index is 736. The molecule has 0 saturated heterocycles. The fraction of sp³-hybridized carbons (Fsp3) is 0.118. The normalized spacial score (nSPS) is 10.5. The Morgan fingerprint density at radius 2 is 1.45 bits per heavy atom. The van der Waals surface area contributed by atoms with Crippen LogP contribution in [0.5, 0.6) is 0 Å². The topological polar surface area (TPSA) is 38.7 Å². The molecule has 0 aliphatic heterocycles. The molecule has 1 heterocycles. The van der Waals surface area contributed by atoms with Crippen molar-refractivity contribution in [2.45, 2.75) is 13.8 Å². The highest BCUT2D eigenvalue weighted by molar-refractivity contribution is 5.80. The van der Waals surface area contributed by atoms with Crippen LogP contribution in [0.4, 0.5) is 0 Å². The lowest BCUT2D eigenvalue weighted by Crippen LogP contribution is -1.92. The number of hydrogen-bond donors (Lipinski definition) is 0. The number of nitrogens with zero attached hydrogens (tertiary/aromatic N) is 3. The largest absolute Gasteiger partial charge is 0.225 e. The molecular formula is C17H15N3. The number of aromatic nitrogens is 3. The third-order valence-electron chi connectivity index (χ3n) is 3.48. The first-order chi connectivity index (χ1) is 9.75. The predicted molar refractivity (Wildman–Crippen MR) is 80.2 cm³/mol. The van der Waals surface area contributed by atoms with E-state index in [2.05, 4.69) is 53.1 Å². The molecule has 0 fully saturated rings. The van der Waals surface area contributed by atoms with E-state index >= 15 is 0 Å². The predicted octanol–water partition coefficient (Wildman–Crippen LogP) is 3.82. The maximum absolute atomic E-state index is 4.25. The first-order valence-electron chi connectivity index (χ1n) is 6.55. The number of rotatable bonds is 2. The summed E-state index contributed by atoms with van der Waals surface area (Å²) in [5.41, 5.74) is 5.93. The van der Waals surface area contributed by atoms with E-state index in [9.17, 15) is 0 Å². The quantitative estimate of drug-likeness (QED) is 0.704. The lowest BCUT2D eigenvalue weighted by atomic mass is 9.96. The van der Waals surface area contributed by atoms with Crippen molar-refractivity contribution in [1.29, 1.82) is 0 Å². The second-order valence-corrected chi connectivity index (χ2v) is 4.81. The van der Waals surface area contributed by atoms with E-state index in [1.165, 1.54) is 29.3 Å². The fourth-order valence-electron chi connectivity index (χ4n) is 2.22. The standard InChI is InChI=1S/C17H15N3/c1-12-7-8-14(9-13(12)2)15-5-3-4-6-16(15)17-19-10-18-11-20-17/h3-11H,1-2H3. The van der Waals surface area contributed by atoms with Crippen LogP contribution in [0.3, 0.4) is 0 Å². The fourth-order valence-corrected chi connectivity index (χ4v) is 2.22. The Labute approximate surface area is 118 Å². The number of hydrogen-bond acceptors (Lipinski definition) is 3. The van der Waals surface area contributed by atoms with E-state index in [-0.39, 0.29) is 0 Å². The van der Waals surface area contributed by atoms with Crippen molar-refractivity contribution >= 4 is 0 Å². The van der Waals surface area contributed by atoms with Crippen molar-refractivity contribution in [3.63, 3.8) is 0 Å². The molecule has 20 heavy (non-hydrogen) atoms. The molecule has 0 aliphatic rings. The molecule has 0 bridgehead atoms. The Balaban J connectivity index is 2.17. The Hall–Kier alpha value is -2.55.